The van der Waals surface area contributed by atoms with E-state index in [1.165, 1.54) is 0 Å². The van der Waals surface area contributed by atoms with Gasteiger partial charge in [0.25, 0.3) is 5.91 Å². The Morgan fingerprint density at radius 2 is 2.40 bits per heavy atom. The summed E-state index contributed by atoms with van der Waals surface area (Å²) in [6.45, 7) is 0.623. The predicted octanol–water partition coefficient (Wildman–Crippen LogP) is 0.0609. The topological polar surface area (TPSA) is 58.6 Å². The molecule has 0 saturated carbocycles. The second-order valence-corrected chi connectivity index (χ2v) is 2.33. The summed E-state index contributed by atoms with van der Waals surface area (Å²) in [5.74, 6) is -0.431. The first-order chi connectivity index (χ1) is 4.84. The van der Waals surface area contributed by atoms with Crippen molar-refractivity contribution in [1.29, 1.82) is 0 Å². The van der Waals surface area contributed by atoms with E-state index in [0.29, 0.717) is 13.0 Å². The Bertz CT molecular complexity index is 120. The van der Waals surface area contributed by atoms with Crippen LogP contribution in [0.1, 0.15) is 19.3 Å². The fourth-order valence-electron chi connectivity index (χ4n) is 1.02. The molecule has 1 atom stereocenters. The number of carbonyl (C=O) groups is 1. The number of hydrogen-bond donors (Lipinski definition) is 2. The molecule has 0 aromatic heterocycles. The van der Waals surface area contributed by atoms with Gasteiger partial charge in [0.2, 0.25) is 0 Å². The summed E-state index contributed by atoms with van der Waals surface area (Å²) in [7, 11) is 0. The Labute approximate surface area is 59.1 Å². The van der Waals surface area contributed by atoms with E-state index in [0.717, 1.165) is 12.8 Å². The lowest BCUT2D eigenvalue weighted by atomic mass is 10.1. The van der Waals surface area contributed by atoms with E-state index in [-0.39, 0.29) is 0 Å². The Balaban J connectivity index is 2.31. The lowest BCUT2D eigenvalue weighted by molar-refractivity contribution is -0.144. The van der Waals surface area contributed by atoms with Crippen LogP contribution in [0, 0.1) is 0 Å². The lowest BCUT2D eigenvalue weighted by Crippen LogP contribution is -2.36. The zero-order valence-electron chi connectivity index (χ0n) is 5.67. The molecule has 1 fully saturated rings. The number of hydrogen-bond acceptors (Lipinski definition) is 3. The third-order valence-corrected chi connectivity index (χ3v) is 1.58. The number of nitrogens with one attached hydrogen (secondary N) is 1. The summed E-state index contributed by atoms with van der Waals surface area (Å²) < 4.78 is 5.06. The third-order valence-electron chi connectivity index (χ3n) is 1.58. The second-order valence-electron chi connectivity index (χ2n) is 2.33. The molecule has 0 spiro atoms. The summed E-state index contributed by atoms with van der Waals surface area (Å²) in [4.78, 5) is 10.7. The van der Waals surface area contributed by atoms with Gasteiger partial charge < -0.3 is 4.74 Å². The minimum absolute atomic E-state index is 0.431. The molecule has 0 aromatic rings. The van der Waals surface area contributed by atoms with Gasteiger partial charge in [-0.25, -0.2) is 5.48 Å². The van der Waals surface area contributed by atoms with Crippen LogP contribution in [0.25, 0.3) is 0 Å². The molecule has 1 unspecified atom stereocenters. The maximum absolute atomic E-state index is 10.7. The summed E-state index contributed by atoms with van der Waals surface area (Å²) >= 11 is 0. The number of ether oxygens (including phenoxy) is 1. The first-order valence-electron chi connectivity index (χ1n) is 3.40. The fraction of sp³-hybridized carbons (Fsp3) is 0.833. The molecule has 1 aliphatic heterocycles. The summed E-state index contributed by atoms with van der Waals surface area (Å²) in [5.41, 5.74) is 1.57. The van der Waals surface area contributed by atoms with Crippen LogP contribution in [0.5, 0.6) is 0 Å². The van der Waals surface area contributed by atoms with Crippen LogP contribution in [0.2, 0.25) is 0 Å². The van der Waals surface area contributed by atoms with E-state index in [9.17, 15) is 4.79 Å². The molecule has 2 N–H and O–H groups in total. The van der Waals surface area contributed by atoms with Gasteiger partial charge in [-0.05, 0) is 19.3 Å². The zero-order chi connectivity index (χ0) is 7.40. The zero-order valence-corrected chi connectivity index (χ0v) is 5.67. The minimum Gasteiger partial charge on any atom is -0.368 e. The lowest BCUT2D eigenvalue weighted by Gasteiger charge is -2.19. The van der Waals surface area contributed by atoms with Gasteiger partial charge in [0.05, 0.1) is 0 Å². The van der Waals surface area contributed by atoms with Crippen LogP contribution >= 0.6 is 0 Å². The van der Waals surface area contributed by atoms with Crippen molar-refractivity contribution in [3.05, 3.63) is 0 Å². The maximum Gasteiger partial charge on any atom is 0.272 e. The van der Waals surface area contributed by atoms with Gasteiger partial charge in [-0.1, -0.05) is 0 Å². The van der Waals surface area contributed by atoms with Crippen molar-refractivity contribution < 1.29 is 14.7 Å². The van der Waals surface area contributed by atoms with Crippen LogP contribution in [0.15, 0.2) is 0 Å². The van der Waals surface area contributed by atoms with Crippen LogP contribution in [0.4, 0.5) is 0 Å². The highest BCUT2D eigenvalue weighted by Gasteiger charge is 2.20. The quantitative estimate of drug-likeness (QED) is 0.405. The molecule has 1 aliphatic rings. The van der Waals surface area contributed by atoms with Crippen molar-refractivity contribution in [3.8, 4) is 0 Å². The van der Waals surface area contributed by atoms with Gasteiger partial charge in [-0.15, -0.1) is 0 Å². The average molecular weight is 145 g/mol. The van der Waals surface area contributed by atoms with Gasteiger partial charge in [0, 0.05) is 6.61 Å². The first-order valence-corrected chi connectivity index (χ1v) is 3.40. The van der Waals surface area contributed by atoms with E-state index < -0.39 is 12.0 Å². The van der Waals surface area contributed by atoms with Crippen molar-refractivity contribution in [2.75, 3.05) is 6.61 Å². The SMILES string of the molecule is O=C(NO)C1CCCCO1. The average Bonchev–Trinajstić information content (AvgIpc) is 2.05. The number of amides is 1. The molecule has 1 amide bonds. The molecule has 4 nitrogen and oxygen atoms in total. The van der Waals surface area contributed by atoms with Crippen molar-refractivity contribution in [2.45, 2.75) is 25.4 Å². The highest BCUT2D eigenvalue weighted by molar-refractivity contribution is 5.79. The number of rotatable bonds is 1. The Morgan fingerprint density at radius 1 is 1.60 bits per heavy atom. The number of hydroxylamine groups is 1. The number of carbonyl (C=O) groups excluding carboxylic acids is 1. The van der Waals surface area contributed by atoms with Crippen LogP contribution in [-0.4, -0.2) is 23.8 Å². The molecule has 0 aliphatic carbocycles. The van der Waals surface area contributed by atoms with Gasteiger partial charge in [-0.3, -0.25) is 10.0 Å². The van der Waals surface area contributed by atoms with E-state index in [2.05, 4.69) is 0 Å². The Hall–Kier alpha value is -0.610. The smallest absolute Gasteiger partial charge is 0.272 e. The normalized spacial score (nSPS) is 25.9. The van der Waals surface area contributed by atoms with Crippen molar-refractivity contribution in [3.63, 3.8) is 0 Å². The van der Waals surface area contributed by atoms with Crippen molar-refractivity contribution in [1.82, 2.24) is 5.48 Å². The predicted molar refractivity (Wildman–Crippen MR) is 33.5 cm³/mol. The standard InChI is InChI=1S/C6H11NO3/c8-6(7-9)5-3-1-2-4-10-5/h5,9H,1-4H2,(H,7,8). The summed E-state index contributed by atoms with van der Waals surface area (Å²) in [6, 6.07) is 0. The van der Waals surface area contributed by atoms with E-state index in [4.69, 9.17) is 9.94 Å². The maximum atomic E-state index is 10.7. The second kappa shape index (κ2) is 3.53. The Morgan fingerprint density at radius 3 is 2.90 bits per heavy atom. The molecule has 4 heteroatoms. The molecule has 0 radical (unpaired) electrons. The minimum atomic E-state index is -0.432. The highest BCUT2D eigenvalue weighted by atomic mass is 16.5. The van der Waals surface area contributed by atoms with E-state index in [1.807, 2.05) is 0 Å². The molecular weight excluding hydrogens is 134 g/mol. The van der Waals surface area contributed by atoms with Crippen LogP contribution in [0.3, 0.4) is 0 Å². The van der Waals surface area contributed by atoms with Gasteiger partial charge in [0.15, 0.2) is 0 Å². The van der Waals surface area contributed by atoms with Gasteiger partial charge in [-0.2, -0.15) is 0 Å². The largest absolute Gasteiger partial charge is 0.368 e. The van der Waals surface area contributed by atoms with E-state index >= 15 is 0 Å². The van der Waals surface area contributed by atoms with Gasteiger partial charge >= 0.3 is 0 Å². The van der Waals surface area contributed by atoms with Crippen molar-refractivity contribution >= 4 is 5.91 Å². The van der Waals surface area contributed by atoms with Crippen LogP contribution in [-0.2, 0) is 9.53 Å². The fourth-order valence-corrected chi connectivity index (χ4v) is 1.02. The first kappa shape index (κ1) is 7.50. The molecular formula is C6H11NO3. The molecule has 0 bridgehead atoms. The Kier molecular flexibility index (Phi) is 2.65. The molecule has 58 valence electrons. The summed E-state index contributed by atoms with van der Waals surface area (Å²) in [6.07, 6.45) is 2.29. The molecule has 1 heterocycles. The highest BCUT2D eigenvalue weighted by Crippen LogP contribution is 2.11. The van der Waals surface area contributed by atoms with Crippen molar-refractivity contribution in [2.24, 2.45) is 0 Å². The molecule has 1 saturated heterocycles. The molecule has 1 rings (SSSR count). The monoisotopic (exact) mass is 145 g/mol. The molecule has 0 aromatic carbocycles. The molecule has 10 heavy (non-hydrogen) atoms. The van der Waals surface area contributed by atoms with Gasteiger partial charge in [0.1, 0.15) is 6.10 Å². The van der Waals surface area contributed by atoms with Crippen LogP contribution < -0.4 is 5.48 Å². The summed E-state index contributed by atoms with van der Waals surface area (Å²) in [5, 5.41) is 8.21. The third kappa shape index (κ3) is 1.68. The van der Waals surface area contributed by atoms with E-state index in [1.54, 1.807) is 5.48 Å².